The van der Waals surface area contributed by atoms with Crippen molar-refractivity contribution in [3.63, 3.8) is 0 Å². The summed E-state index contributed by atoms with van der Waals surface area (Å²) in [7, 11) is 0. The van der Waals surface area contributed by atoms with Gasteiger partial charge in [0.15, 0.2) is 25.2 Å². The number of aliphatic hydroxyl groups excluding tert-OH is 16. The highest BCUT2D eigenvalue weighted by Crippen LogP contribution is 2.38. The highest BCUT2D eigenvalue weighted by molar-refractivity contribution is 5.77. The average Bonchev–Trinajstić information content (AvgIpc) is 0.772. The number of aliphatic hydroxyl groups is 16. The SMILES string of the molecule is CCCCCCCCCCCCC/C=C/[C@@H](O)[C@H](CO[C@@H]1OC(CO)[C@@H](O[C@@H]2OC(CO)[C@H](O)[C@H](O[C@@H]3OC(CO)[C@@H](O[C@@H]4OC(CO[C@]5(C(=O)O)CC(O)[C@@H](NC(C)=O)C([C@H](O)[C@H](O)CO)O5)[C@H](O)[C@H](O)C4O)[C@H](O)C3NC(C)=O)C2O)[C@H](O)C1O)NC(=O)CCCCCCCCCCCCCCCCCCCCC. The molecular formula is C77H139N3O31. The molecule has 3 amide bonds. The van der Waals surface area contributed by atoms with Crippen molar-refractivity contribution in [2.45, 2.75) is 411 Å². The number of allylic oxidation sites excluding steroid dienone is 1. The topological polar surface area (TPSA) is 541 Å². The standard InChI is InChI=1S/C77H139N3O31/c1-5-7-9-11-13-15-17-19-20-21-22-23-24-26-28-30-32-34-36-38-56(90)80-48(49(87)37-35-33-31-29-27-25-18-16-14-12-10-8-6-2)44-102-73-66(98)64(96)69(54(43-84)106-73)109-75-67(99)71(61(93)52(41-82)104-75)110-72-58(79-47(4)86)62(94)68(53(42-83)105-72)108-74-65(97)63(95)60(92)55(107-74)45-103-77(76(100)101)39-50(88)57(78-46(3)85)70(111-77)59(91)51(89)40-81/h35,37,48-55,57-75,81-84,87-89,91-99H,5-34,36,38-45H2,1-4H3,(H,78,85)(H,79,86)(H,80,90)(H,100,101)/b37-35+/t48-,49+,50?,51+,52?,53?,54?,55?,57+,58?,59+,60-,61-,62+,63-,64+,65?,66?,67?,68+,69+,70?,71-,72-,73+,74-,75-,77+/m0/s1. The molecule has 5 heterocycles. The first kappa shape index (κ1) is 98.2. The van der Waals surface area contributed by atoms with E-state index in [-0.39, 0.29) is 12.3 Å². The third-order valence-corrected chi connectivity index (χ3v) is 21.6. The van der Waals surface area contributed by atoms with E-state index < -0.39 is 235 Å². The van der Waals surface area contributed by atoms with E-state index in [1.165, 1.54) is 135 Å². The van der Waals surface area contributed by atoms with Crippen LogP contribution in [0.2, 0.25) is 0 Å². The molecule has 10 unspecified atom stereocenters. The van der Waals surface area contributed by atoms with Crippen molar-refractivity contribution in [3.8, 4) is 0 Å². The maximum absolute atomic E-state index is 13.5. The first-order chi connectivity index (χ1) is 53.2. The number of ether oxygens (including phenoxy) is 10. The van der Waals surface area contributed by atoms with E-state index in [2.05, 4.69) is 29.8 Å². The Balaban J connectivity index is 1.21. The second kappa shape index (κ2) is 53.1. The minimum Gasteiger partial charge on any atom is -0.477 e. The van der Waals surface area contributed by atoms with Gasteiger partial charge in [-0.1, -0.05) is 206 Å². The fourth-order valence-electron chi connectivity index (χ4n) is 14.9. The highest BCUT2D eigenvalue weighted by Gasteiger charge is 2.59. The lowest BCUT2D eigenvalue weighted by molar-refractivity contribution is -0.383. The van der Waals surface area contributed by atoms with Crippen LogP contribution >= 0.6 is 0 Å². The fourth-order valence-corrected chi connectivity index (χ4v) is 14.9. The number of unbranched alkanes of at least 4 members (excludes halogenated alkanes) is 29. The third-order valence-electron chi connectivity index (χ3n) is 21.6. The van der Waals surface area contributed by atoms with Crippen LogP contribution in [0.25, 0.3) is 0 Å². The highest BCUT2D eigenvalue weighted by atomic mass is 16.8. The van der Waals surface area contributed by atoms with Crippen molar-refractivity contribution >= 4 is 23.7 Å². The van der Waals surface area contributed by atoms with Gasteiger partial charge in [-0.2, -0.15) is 0 Å². The van der Waals surface area contributed by atoms with Gasteiger partial charge in [0, 0.05) is 26.7 Å². The minimum atomic E-state index is -2.98. The first-order valence-corrected chi connectivity index (χ1v) is 41.1. The third kappa shape index (κ3) is 31.8. The van der Waals surface area contributed by atoms with Gasteiger partial charge in [0.25, 0.3) is 5.79 Å². The number of nitrogens with one attached hydrogen (secondary N) is 3. The molecule has 28 atom stereocenters. The maximum Gasteiger partial charge on any atom is 0.364 e. The van der Waals surface area contributed by atoms with E-state index in [1.54, 1.807) is 6.08 Å². The van der Waals surface area contributed by atoms with Crippen molar-refractivity contribution in [3.05, 3.63) is 12.2 Å². The lowest BCUT2D eigenvalue weighted by Gasteiger charge is -2.50. The van der Waals surface area contributed by atoms with Crippen molar-refractivity contribution < 1.29 is 153 Å². The zero-order chi connectivity index (χ0) is 81.6. The van der Waals surface area contributed by atoms with Gasteiger partial charge in [-0.15, -0.1) is 0 Å². The van der Waals surface area contributed by atoms with Crippen LogP contribution in [-0.4, -0.2) is 321 Å². The van der Waals surface area contributed by atoms with Crippen LogP contribution in [0.4, 0.5) is 0 Å². The Labute approximate surface area is 653 Å². The summed E-state index contributed by atoms with van der Waals surface area (Å²) >= 11 is 0. The molecule has 0 aromatic heterocycles. The normalized spacial score (nSPS) is 33.8. The molecule has 20 N–H and O–H groups in total. The summed E-state index contributed by atoms with van der Waals surface area (Å²) in [6.45, 7) is 0.793. The fraction of sp³-hybridized carbons (Fsp3) is 0.922. The second-order valence-corrected chi connectivity index (χ2v) is 30.7. The Morgan fingerprint density at radius 1 is 0.477 bits per heavy atom. The number of carboxylic acid groups (broad SMARTS) is 1. The van der Waals surface area contributed by atoms with Gasteiger partial charge >= 0.3 is 5.97 Å². The number of hydrogen-bond donors (Lipinski definition) is 20. The number of carbonyl (C=O) groups excluding carboxylic acids is 3. The summed E-state index contributed by atoms with van der Waals surface area (Å²) in [4.78, 5) is 51.3. The molecule has 5 aliphatic heterocycles. The Kier molecular flexibility index (Phi) is 47.0. The summed E-state index contributed by atoms with van der Waals surface area (Å²) in [5.74, 6) is -6.94. The Morgan fingerprint density at radius 3 is 1.40 bits per heavy atom. The number of carbonyl (C=O) groups is 4. The molecule has 648 valence electrons. The molecule has 0 bridgehead atoms. The van der Waals surface area contributed by atoms with E-state index >= 15 is 0 Å². The predicted molar refractivity (Wildman–Crippen MR) is 397 cm³/mol. The quantitative estimate of drug-likeness (QED) is 0.0291. The molecule has 5 saturated heterocycles. The Bertz CT molecular complexity index is 2580. The lowest BCUT2D eigenvalue weighted by atomic mass is 9.88. The number of aliphatic carboxylic acids is 1. The zero-order valence-corrected chi connectivity index (χ0v) is 65.6. The van der Waals surface area contributed by atoms with Gasteiger partial charge in [0.1, 0.15) is 116 Å². The second-order valence-electron chi connectivity index (χ2n) is 30.7. The number of hydrogen-bond acceptors (Lipinski definition) is 30. The number of carboxylic acids is 1. The molecule has 111 heavy (non-hydrogen) atoms. The largest absolute Gasteiger partial charge is 0.477 e. The molecule has 34 heteroatoms. The molecular weight excluding hydrogens is 1460 g/mol. The molecule has 0 aromatic carbocycles. The molecule has 34 nitrogen and oxygen atoms in total. The Hall–Kier alpha value is -3.42. The maximum atomic E-state index is 13.5. The van der Waals surface area contributed by atoms with E-state index in [1.807, 2.05) is 6.08 Å². The van der Waals surface area contributed by atoms with Crippen LogP contribution in [-0.2, 0) is 66.5 Å². The molecule has 0 aromatic rings. The smallest absolute Gasteiger partial charge is 0.364 e. The summed E-state index contributed by atoms with van der Waals surface area (Å²) < 4.78 is 58.6. The molecule has 5 rings (SSSR count). The van der Waals surface area contributed by atoms with Crippen molar-refractivity contribution in [1.82, 2.24) is 16.0 Å². The van der Waals surface area contributed by atoms with Gasteiger partial charge < -0.3 is 150 Å². The van der Waals surface area contributed by atoms with Crippen LogP contribution < -0.4 is 16.0 Å². The molecule has 0 radical (unpaired) electrons. The summed E-state index contributed by atoms with van der Waals surface area (Å²) in [6.07, 6.45) is -7.93. The van der Waals surface area contributed by atoms with Gasteiger partial charge in [-0.25, -0.2) is 4.79 Å². The molecule has 5 fully saturated rings. The zero-order valence-electron chi connectivity index (χ0n) is 65.6. The summed E-state index contributed by atoms with van der Waals surface area (Å²) in [5, 5.41) is 196. The molecule has 0 saturated carbocycles. The van der Waals surface area contributed by atoms with E-state index in [0.29, 0.717) is 12.8 Å². The Morgan fingerprint density at radius 2 is 0.910 bits per heavy atom. The van der Waals surface area contributed by atoms with Gasteiger partial charge in [-0.3, -0.25) is 14.4 Å². The van der Waals surface area contributed by atoms with Crippen LogP contribution in [0, 0.1) is 0 Å². The van der Waals surface area contributed by atoms with Crippen LogP contribution in [0.3, 0.4) is 0 Å². The first-order valence-electron chi connectivity index (χ1n) is 41.1. The molecule has 0 spiro atoms. The lowest BCUT2D eigenvalue weighted by Crippen LogP contribution is -2.70. The van der Waals surface area contributed by atoms with Crippen LogP contribution in [0.15, 0.2) is 12.2 Å². The van der Waals surface area contributed by atoms with E-state index in [9.17, 15) is 106 Å². The van der Waals surface area contributed by atoms with E-state index in [0.717, 1.165) is 65.2 Å². The van der Waals surface area contributed by atoms with E-state index in [4.69, 9.17) is 47.4 Å². The summed E-state index contributed by atoms with van der Waals surface area (Å²) in [5.41, 5.74) is 0. The molecule has 5 aliphatic rings. The van der Waals surface area contributed by atoms with Crippen LogP contribution in [0.5, 0.6) is 0 Å². The number of rotatable bonds is 56. The van der Waals surface area contributed by atoms with Crippen molar-refractivity contribution in [2.24, 2.45) is 0 Å². The van der Waals surface area contributed by atoms with Gasteiger partial charge in [-0.05, 0) is 19.3 Å². The average molecular weight is 1600 g/mol. The summed E-state index contributed by atoms with van der Waals surface area (Å²) in [6, 6.07) is -4.50. The van der Waals surface area contributed by atoms with Gasteiger partial charge in [0.05, 0.1) is 63.9 Å². The van der Waals surface area contributed by atoms with Gasteiger partial charge in [0.2, 0.25) is 17.7 Å². The number of amides is 3. The van der Waals surface area contributed by atoms with Crippen LogP contribution in [0.1, 0.15) is 240 Å². The minimum absolute atomic E-state index is 0.177. The van der Waals surface area contributed by atoms with Crippen molar-refractivity contribution in [1.29, 1.82) is 0 Å². The van der Waals surface area contributed by atoms with Crippen molar-refractivity contribution in [2.75, 3.05) is 39.6 Å². The predicted octanol–water partition coefficient (Wildman–Crippen LogP) is 0.518. The molecule has 0 aliphatic carbocycles. The monoisotopic (exact) mass is 1600 g/mol.